The van der Waals surface area contributed by atoms with Crippen molar-refractivity contribution in [3.63, 3.8) is 0 Å². The van der Waals surface area contributed by atoms with Crippen molar-refractivity contribution in [2.45, 2.75) is 18.9 Å². The maximum atomic E-state index is 12.4. The van der Waals surface area contributed by atoms with Gasteiger partial charge in [0, 0.05) is 23.8 Å². The Kier molecular flexibility index (Phi) is 3.04. The molecule has 0 atom stereocenters. The molecule has 1 N–H and O–H groups in total. The van der Waals surface area contributed by atoms with Crippen LogP contribution < -0.4 is 10.9 Å². The SMILES string of the molecule is O=C(NC1Cc2ccccc2C1)c1cnc2sccn2c1=O. The monoisotopic (exact) mass is 311 g/mol. The first-order valence-electron chi connectivity index (χ1n) is 7.05. The highest BCUT2D eigenvalue weighted by Gasteiger charge is 2.24. The number of fused-ring (bicyclic) bond motifs is 2. The topological polar surface area (TPSA) is 63.5 Å². The Morgan fingerprint density at radius 1 is 1.27 bits per heavy atom. The van der Waals surface area contributed by atoms with Gasteiger partial charge < -0.3 is 5.32 Å². The van der Waals surface area contributed by atoms with Gasteiger partial charge >= 0.3 is 0 Å². The van der Waals surface area contributed by atoms with Crippen LogP contribution in [0.1, 0.15) is 21.5 Å². The normalized spacial score (nSPS) is 14.2. The van der Waals surface area contributed by atoms with E-state index in [1.807, 2.05) is 12.1 Å². The minimum Gasteiger partial charge on any atom is -0.348 e. The summed E-state index contributed by atoms with van der Waals surface area (Å²) in [6.45, 7) is 0. The van der Waals surface area contributed by atoms with E-state index in [4.69, 9.17) is 0 Å². The van der Waals surface area contributed by atoms with Crippen LogP contribution in [0, 0.1) is 0 Å². The van der Waals surface area contributed by atoms with Crippen LogP contribution in [-0.4, -0.2) is 21.3 Å². The Morgan fingerprint density at radius 2 is 2.00 bits per heavy atom. The maximum absolute atomic E-state index is 12.4. The van der Waals surface area contributed by atoms with Gasteiger partial charge in [-0.05, 0) is 24.0 Å². The minimum atomic E-state index is -0.351. The average Bonchev–Trinajstić information content (AvgIpc) is 3.13. The molecule has 1 aliphatic rings. The van der Waals surface area contributed by atoms with Crippen LogP contribution in [-0.2, 0) is 12.8 Å². The largest absolute Gasteiger partial charge is 0.348 e. The third kappa shape index (κ3) is 2.12. The van der Waals surface area contributed by atoms with E-state index in [0.717, 1.165) is 12.8 Å². The quantitative estimate of drug-likeness (QED) is 0.783. The molecule has 1 aromatic carbocycles. The lowest BCUT2D eigenvalue weighted by atomic mass is 10.1. The van der Waals surface area contributed by atoms with Gasteiger partial charge in [0.1, 0.15) is 5.56 Å². The van der Waals surface area contributed by atoms with Crippen molar-refractivity contribution < 1.29 is 4.79 Å². The number of carbonyl (C=O) groups is 1. The predicted molar refractivity (Wildman–Crippen MR) is 84.4 cm³/mol. The second kappa shape index (κ2) is 5.06. The van der Waals surface area contributed by atoms with Crippen molar-refractivity contribution in [2.24, 2.45) is 0 Å². The van der Waals surface area contributed by atoms with Crippen LogP contribution in [0.2, 0.25) is 0 Å². The van der Waals surface area contributed by atoms with Crippen LogP contribution in [0.3, 0.4) is 0 Å². The Morgan fingerprint density at radius 3 is 2.73 bits per heavy atom. The summed E-state index contributed by atoms with van der Waals surface area (Å²) in [7, 11) is 0. The number of benzene rings is 1. The second-order valence-electron chi connectivity index (χ2n) is 5.38. The fraction of sp³-hybridized carbons (Fsp3) is 0.188. The number of carbonyl (C=O) groups excluding carboxylic acids is 1. The molecule has 22 heavy (non-hydrogen) atoms. The smallest absolute Gasteiger partial charge is 0.271 e. The van der Waals surface area contributed by atoms with Gasteiger partial charge in [0.15, 0.2) is 4.96 Å². The third-order valence-electron chi connectivity index (χ3n) is 3.97. The molecule has 0 saturated carbocycles. The van der Waals surface area contributed by atoms with Gasteiger partial charge in [0.25, 0.3) is 11.5 Å². The summed E-state index contributed by atoms with van der Waals surface area (Å²) < 4.78 is 1.41. The predicted octanol–water partition coefficient (Wildman–Crippen LogP) is 1.65. The second-order valence-corrected chi connectivity index (χ2v) is 6.25. The summed E-state index contributed by atoms with van der Waals surface area (Å²) in [4.78, 5) is 29.4. The minimum absolute atomic E-state index is 0.0347. The van der Waals surface area contributed by atoms with Gasteiger partial charge in [-0.3, -0.25) is 14.0 Å². The zero-order valence-electron chi connectivity index (χ0n) is 11.7. The number of hydrogen-bond acceptors (Lipinski definition) is 4. The van der Waals surface area contributed by atoms with E-state index in [-0.39, 0.29) is 23.1 Å². The molecule has 4 rings (SSSR count). The van der Waals surface area contributed by atoms with Crippen LogP contribution >= 0.6 is 11.3 Å². The third-order valence-corrected chi connectivity index (χ3v) is 4.74. The number of rotatable bonds is 2. The Hall–Kier alpha value is -2.47. The number of thiazole rings is 1. The fourth-order valence-corrected chi connectivity index (χ4v) is 3.58. The van der Waals surface area contributed by atoms with E-state index in [0.29, 0.717) is 4.96 Å². The standard InChI is InChI=1S/C16H13N3O2S/c20-14(13-9-17-16-19(15(13)21)5-6-22-16)18-12-7-10-3-1-2-4-11(10)8-12/h1-6,9,12H,7-8H2,(H,18,20). The molecule has 5 nitrogen and oxygen atoms in total. The van der Waals surface area contributed by atoms with Crippen molar-refractivity contribution >= 4 is 22.2 Å². The first-order valence-corrected chi connectivity index (χ1v) is 7.93. The molecule has 0 bridgehead atoms. The molecule has 1 aliphatic carbocycles. The highest BCUT2D eigenvalue weighted by atomic mass is 32.1. The van der Waals surface area contributed by atoms with Crippen LogP contribution in [0.5, 0.6) is 0 Å². The van der Waals surface area contributed by atoms with E-state index in [1.165, 1.54) is 33.1 Å². The number of nitrogens with one attached hydrogen (secondary N) is 1. The molecular formula is C16H13N3O2S. The van der Waals surface area contributed by atoms with Gasteiger partial charge in [0.05, 0.1) is 0 Å². The highest BCUT2D eigenvalue weighted by Crippen LogP contribution is 2.21. The van der Waals surface area contributed by atoms with Gasteiger partial charge in [-0.2, -0.15) is 0 Å². The van der Waals surface area contributed by atoms with Crippen molar-refractivity contribution in [3.05, 3.63) is 69.1 Å². The lowest BCUT2D eigenvalue weighted by molar-refractivity contribution is 0.0936. The van der Waals surface area contributed by atoms with Gasteiger partial charge in [-0.25, -0.2) is 4.98 Å². The molecule has 0 fully saturated rings. The number of amides is 1. The van der Waals surface area contributed by atoms with E-state index < -0.39 is 0 Å². The molecular weight excluding hydrogens is 298 g/mol. The van der Waals surface area contributed by atoms with Crippen LogP contribution in [0.4, 0.5) is 0 Å². The molecule has 0 unspecified atom stereocenters. The molecule has 0 radical (unpaired) electrons. The van der Waals surface area contributed by atoms with Gasteiger partial charge in [0.2, 0.25) is 0 Å². The van der Waals surface area contributed by atoms with E-state index in [9.17, 15) is 9.59 Å². The van der Waals surface area contributed by atoms with Crippen LogP contribution in [0.25, 0.3) is 4.96 Å². The summed E-state index contributed by atoms with van der Waals surface area (Å²) in [5, 5.41) is 4.73. The molecule has 3 aromatic rings. The first kappa shape index (κ1) is 13.2. The Balaban J connectivity index is 1.58. The molecule has 1 amide bonds. The average molecular weight is 311 g/mol. The van der Waals surface area contributed by atoms with E-state index in [1.54, 1.807) is 11.6 Å². The summed E-state index contributed by atoms with van der Waals surface area (Å²) in [6.07, 6.45) is 4.61. The van der Waals surface area contributed by atoms with E-state index >= 15 is 0 Å². The molecule has 2 heterocycles. The molecule has 0 saturated heterocycles. The van der Waals surface area contributed by atoms with Gasteiger partial charge in [-0.1, -0.05) is 24.3 Å². The van der Waals surface area contributed by atoms with Crippen molar-refractivity contribution in [2.75, 3.05) is 0 Å². The zero-order chi connectivity index (χ0) is 15.1. The summed E-state index contributed by atoms with van der Waals surface area (Å²) in [5.41, 5.74) is 2.29. The van der Waals surface area contributed by atoms with Crippen molar-refractivity contribution in [3.8, 4) is 0 Å². The maximum Gasteiger partial charge on any atom is 0.271 e. The number of aromatic nitrogens is 2. The van der Waals surface area contributed by atoms with Crippen LogP contribution in [0.15, 0.2) is 46.8 Å². The molecule has 0 aliphatic heterocycles. The molecule has 2 aromatic heterocycles. The number of nitrogens with zero attached hydrogens (tertiary/aromatic N) is 2. The fourth-order valence-electron chi connectivity index (χ4n) is 2.90. The first-order chi connectivity index (χ1) is 10.7. The Labute approximate surface area is 130 Å². The zero-order valence-corrected chi connectivity index (χ0v) is 12.5. The summed E-state index contributed by atoms with van der Waals surface area (Å²) in [6, 6.07) is 8.20. The Bertz CT molecular complexity index is 903. The summed E-state index contributed by atoms with van der Waals surface area (Å²) in [5.74, 6) is -0.351. The highest BCUT2D eigenvalue weighted by molar-refractivity contribution is 7.15. The van der Waals surface area contributed by atoms with Crippen molar-refractivity contribution in [1.29, 1.82) is 0 Å². The van der Waals surface area contributed by atoms with E-state index in [2.05, 4.69) is 22.4 Å². The molecule has 0 spiro atoms. The van der Waals surface area contributed by atoms with Gasteiger partial charge in [-0.15, -0.1) is 11.3 Å². The van der Waals surface area contributed by atoms with Crippen molar-refractivity contribution in [1.82, 2.24) is 14.7 Å². The lowest BCUT2D eigenvalue weighted by Gasteiger charge is -2.11. The molecule has 6 heteroatoms. The summed E-state index contributed by atoms with van der Waals surface area (Å²) >= 11 is 1.37. The lowest BCUT2D eigenvalue weighted by Crippen LogP contribution is -2.38. The number of hydrogen-bond donors (Lipinski definition) is 1. The molecule has 110 valence electrons.